The number of nitrogens with zero attached hydrogens (tertiary/aromatic N) is 5. The minimum atomic E-state index is -0.481. The predicted molar refractivity (Wildman–Crippen MR) is 105 cm³/mol. The second-order valence-corrected chi connectivity index (χ2v) is 7.74. The van der Waals surface area contributed by atoms with Crippen LogP contribution in [0.4, 0.5) is 16.4 Å². The highest BCUT2D eigenvalue weighted by atomic mass is 16.6. The Bertz CT molecular complexity index is 598. The first-order valence-electron chi connectivity index (χ1n) is 9.53. The van der Waals surface area contributed by atoms with Crippen LogP contribution in [0.15, 0.2) is 12.4 Å². The standard InChI is InChI=1S/C19H33N5O2/c1-7-23(8-2)16-12-17(21-14-20-16)24-11-9-10-15(13-24)22(6)18(25)26-19(3,4)5/h12,14-15H,7-11,13H2,1-6H3/t15-/m1/s1. The number of aromatic nitrogens is 2. The molecule has 1 amide bonds. The quantitative estimate of drug-likeness (QED) is 0.801. The molecule has 1 aromatic heterocycles. The average Bonchev–Trinajstić information content (AvgIpc) is 2.61. The van der Waals surface area contributed by atoms with Crippen LogP contribution >= 0.6 is 0 Å². The number of rotatable bonds is 5. The Morgan fingerprint density at radius 1 is 1.31 bits per heavy atom. The van der Waals surface area contributed by atoms with Crippen LogP contribution in [-0.2, 0) is 4.74 Å². The summed E-state index contributed by atoms with van der Waals surface area (Å²) in [6.07, 6.45) is 3.35. The highest BCUT2D eigenvalue weighted by Gasteiger charge is 2.29. The van der Waals surface area contributed by atoms with E-state index in [0.29, 0.717) is 0 Å². The Hall–Kier alpha value is -2.05. The zero-order chi connectivity index (χ0) is 19.3. The number of likely N-dealkylation sites (N-methyl/N-ethyl adjacent to an activating group) is 1. The van der Waals surface area contributed by atoms with Crippen LogP contribution < -0.4 is 9.80 Å². The Morgan fingerprint density at radius 2 is 2.00 bits per heavy atom. The van der Waals surface area contributed by atoms with Crippen molar-refractivity contribution in [2.75, 3.05) is 43.0 Å². The van der Waals surface area contributed by atoms with Crippen LogP contribution in [0, 0.1) is 0 Å². The largest absolute Gasteiger partial charge is 0.444 e. The molecule has 0 unspecified atom stereocenters. The lowest BCUT2D eigenvalue weighted by molar-refractivity contribution is 0.0209. The van der Waals surface area contributed by atoms with Gasteiger partial charge in [0, 0.05) is 39.3 Å². The fourth-order valence-electron chi connectivity index (χ4n) is 3.19. The second kappa shape index (κ2) is 8.56. The van der Waals surface area contributed by atoms with Gasteiger partial charge in [-0.3, -0.25) is 0 Å². The Balaban J connectivity index is 2.08. The lowest BCUT2D eigenvalue weighted by Gasteiger charge is -2.38. The molecule has 0 aliphatic carbocycles. The van der Waals surface area contributed by atoms with Gasteiger partial charge in [0.25, 0.3) is 0 Å². The number of anilines is 2. The van der Waals surface area contributed by atoms with E-state index in [0.717, 1.165) is 50.7 Å². The molecule has 2 heterocycles. The highest BCUT2D eigenvalue weighted by molar-refractivity contribution is 5.68. The zero-order valence-corrected chi connectivity index (χ0v) is 17.0. The van der Waals surface area contributed by atoms with Crippen molar-refractivity contribution in [1.29, 1.82) is 0 Å². The van der Waals surface area contributed by atoms with E-state index in [1.165, 1.54) is 0 Å². The summed E-state index contributed by atoms with van der Waals surface area (Å²) in [5.74, 6) is 1.87. The van der Waals surface area contributed by atoms with Gasteiger partial charge in [-0.1, -0.05) is 0 Å². The third-order valence-corrected chi connectivity index (χ3v) is 4.68. The first-order valence-corrected chi connectivity index (χ1v) is 9.53. The predicted octanol–water partition coefficient (Wildman–Crippen LogP) is 3.16. The molecule has 0 radical (unpaired) electrons. The van der Waals surface area contributed by atoms with Gasteiger partial charge in [-0.25, -0.2) is 14.8 Å². The number of carbonyl (C=O) groups is 1. The van der Waals surface area contributed by atoms with Crippen LogP contribution in [0.1, 0.15) is 47.5 Å². The number of amides is 1. The van der Waals surface area contributed by atoms with E-state index in [2.05, 4.69) is 33.6 Å². The van der Waals surface area contributed by atoms with Gasteiger partial charge >= 0.3 is 6.09 Å². The first kappa shape index (κ1) is 20.3. The van der Waals surface area contributed by atoms with E-state index in [4.69, 9.17) is 4.74 Å². The molecule has 1 saturated heterocycles. The molecule has 1 aromatic rings. The van der Waals surface area contributed by atoms with Crippen molar-refractivity contribution in [2.45, 2.75) is 59.1 Å². The third kappa shape index (κ3) is 5.22. The minimum absolute atomic E-state index is 0.116. The van der Waals surface area contributed by atoms with E-state index in [1.54, 1.807) is 11.2 Å². The maximum absolute atomic E-state index is 12.4. The molecular weight excluding hydrogens is 330 g/mol. The number of ether oxygens (including phenoxy) is 1. The van der Waals surface area contributed by atoms with Crippen molar-refractivity contribution in [3.05, 3.63) is 12.4 Å². The van der Waals surface area contributed by atoms with Crippen molar-refractivity contribution >= 4 is 17.7 Å². The van der Waals surface area contributed by atoms with Gasteiger partial charge in [-0.05, 0) is 47.5 Å². The van der Waals surface area contributed by atoms with Crippen molar-refractivity contribution in [2.24, 2.45) is 0 Å². The Kier molecular flexibility index (Phi) is 6.67. The van der Waals surface area contributed by atoms with Crippen molar-refractivity contribution in [3.8, 4) is 0 Å². The summed E-state index contributed by atoms with van der Waals surface area (Å²) in [6.45, 7) is 13.4. The molecule has 0 bridgehead atoms. The molecule has 7 heteroatoms. The second-order valence-electron chi connectivity index (χ2n) is 7.74. The molecule has 1 aliphatic heterocycles. The van der Waals surface area contributed by atoms with Gasteiger partial charge in [0.05, 0.1) is 6.04 Å². The highest BCUT2D eigenvalue weighted by Crippen LogP contribution is 2.24. The van der Waals surface area contributed by atoms with Gasteiger partial charge in [0.2, 0.25) is 0 Å². The monoisotopic (exact) mass is 363 g/mol. The molecule has 7 nitrogen and oxygen atoms in total. The van der Waals surface area contributed by atoms with Gasteiger partial charge < -0.3 is 19.4 Å². The average molecular weight is 364 g/mol. The molecule has 0 saturated carbocycles. The van der Waals surface area contributed by atoms with Crippen LogP contribution in [0.5, 0.6) is 0 Å². The van der Waals surface area contributed by atoms with Crippen molar-refractivity contribution in [1.82, 2.24) is 14.9 Å². The number of hydrogen-bond donors (Lipinski definition) is 0. The summed E-state index contributed by atoms with van der Waals surface area (Å²) in [4.78, 5) is 27.4. The van der Waals surface area contributed by atoms with Gasteiger partial charge in [0.1, 0.15) is 23.6 Å². The van der Waals surface area contributed by atoms with Gasteiger partial charge in [-0.2, -0.15) is 0 Å². The zero-order valence-electron chi connectivity index (χ0n) is 17.0. The number of hydrogen-bond acceptors (Lipinski definition) is 6. The summed E-state index contributed by atoms with van der Waals surface area (Å²) in [7, 11) is 1.82. The maximum atomic E-state index is 12.4. The summed E-state index contributed by atoms with van der Waals surface area (Å²) in [5.41, 5.74) is -0.481. The lowest BCUT2D eigenvalue weighted by atomic mass is 10.0. The summed E-state index contributed by atoms with van der Waals surface area (Å²) >= 11 is 0. The molecule has 26 heavy (non-hydrogen) atoms. The fraction of sp³-hybridized carbons (Fsp3) is 0.737. The normalized spacial score (nSPS) is 17.8. The minimum Gasteiger partial charge on any atom is -0.444 e. The van der Waals surface area contributed by atoms with E-state index in [1.807, 2.05) is 33.9 Å². The summed E-state index contributed by atoms with van der Waals surface area (Å²) in [5, 5.41) is 0. The topological polar surface area (TPSA) is 61.8 Å². The van der Waals surface area contributed by atoms with Crippen LogP contribution in [0.3, 0.4) is 0 Å². The van der Waals surface area contributed by atoms with E-state index in [-0.39, 0.29) is 12.1 Å². The van der Waals surface area contributed by atoms with E-state index in [9.17, 15) is 4.79 Å². The van der Waals surface area contributed by atoms with Gasteiger partial charge in [0.15, 0.2) is 0 Å². The lowest BCUT2D eigenvalue weighted by Crippen LogP contribution is -2.50. The van der Waals surface area contributed by atoms with Crippen LogP contribution in [-0.4, -0.2) is 65.8 Å². The molecule has 0 aromatic carbocycles. The van der Waals surface area contributed by atoms with Crippen molar-refractivity contribution in [3.63, 3.8) is 0 Å². The summed E-state index contributed by atoms with van der Waals surface area (Å²) in [6, 6.07) is 2.16. The van der Waals surface area contributed by atoms with Crippen molar-refractivity contribution < 1.29 is 9.53 Å². The fourth-order valence-corrected chi connectivity index (χ4v) is 3.19. The molecule has 2 rings (SSSR count). The van der Waals surface area contributed by atoms with E-state index >= 15 is 0 Å². The van der Waals surface area contributed by atoms with Gasteiger partial charge in [-0.15, -0.1) is 0 Å². The number of piperidine rings is 1. The number of carbonyl (C=O) groups excluding carboxylic acids is 1. The van der Waals surface area contributed by atoms with Crippen LogP contribution in [0.25, 0.3) is 0 Å². The maximum Gasteiger partial charge on any atom is 0.410 e. The SMILES string of the molecule is CCN(CC)c1cc(N2CCC[C@@H](N(C)C(=O)OC(C)(C)C)C2)ncn1. The Labute approximate surface area is 157 Å². The molecule has 146 valence electrons. The molecule has 0 spiro atoms. The molecule has 1 atom stereocenters. The van der Waals surface area contributed by atoms with Crippen LogP contribution in [0.2, 0.25) is 0 Å². The molecule has 1 fully saturated rings. The Morgan fingerprint density at radius 3 is 2.62 bits per heavy atom. The smallest absolute Gasteiger partial charge is 0.410 e. The molecular formula is C19H33N5O2. The molecule has 0 N–H and O–H groups in total. The molecule has 1 aliphatic rings. The first-order chi connectivity index (χ1) is 12.2. The van der Waals surface area contributed by atoms with E-state index < -0.39 is 5.60 Å². The summed E-state index contributed by atoms with van der Waals surface area (Å²) < 4.78 is 5.51. The third-order valence-electron chi connectivity index (χ3n) is 4.68.